The van der Waals surface area contributed by atoms with E-state index < -0.39 is 35.3 Å². The zero-order valence-electron chi connectivity index (χ0n) is 15.4. The number of aromatic nitrogens is 2. The standard InChI is InChI=1S/C18H21F2N5O3/c1-23-16(21)15(24-5-3-2-4-6-24)17(27)25(18(23)28)10-14(26)22-13-8-11(19)7-12(20)9-13/h7-9H,2-6,10,21H2,1H3,(H,22,26). The summed E-state index contributed by atoms with van der Waals surface area (Å²) in [6.07, 6.45) is 2.84. The molecule has 0 saturated carbocycles. The predicted molar refractivity (Wildman–Crippen MR) is 101 cm³/mol. The van der Waals surface area contributed by atoms with Gasteiger partial charge < -0.3 is 16.0 Å². The van der Waals surface area contributed by atoms with Crippen molar-refractivity contribution in [2.75, 3.05) is 29.0 Å². The van der Waals surface area contributed by atoms with Gasteiger partial charge in [0.2, 0.25) is 5.91 Å². The molecule has 0 unspecified atom stereocenters. The molecule has 28 heavy (non-hydrogen) atoms. The second-order valence-electron chi connectivity index (χ2n) is 6.72. The van der Waals surface area contributed by atoms with Crippen molar-refractivity contribution in [1.82, 2.24) is 9.13 Å². The molecular formula is C18H21F2N5O3. The number of rotatable bonds is 4. The number of anilines is 3. The van der Waals surface area contributed by atoms with Gasteiger partial charge in [-0.2, -0.15) is 0 Å². The highest BCUT2D eigenvalue weighted by atomic mass is 19.1. The first-order valence-electron chi connectivity index (χ1n) is 8.88. The van der Waals surface area contributed by atoms with Crippen molar-refractivity contribution >= 4 is 23.1 Å². The van der Waals surface area contributed by atoms with E-state index in [-0.39, 0.29) is 17.2 Å². The Morgan fingerprint density at radius 3 is 2.32 bits per heavy atom. The van der Waals surface area contributed by atoms with Crippen molar-refractivity contribution in [3.8, 4) is 0 Å². The Bertz CT molecular complexity index is 1000. The maximum Gasteiger partial charge on any atom is 0.332 e. The topological polar surface area (TPSA) is 102 Å². The first kappa shape index (κ1) is 19.6. The molecule has 2 aromatic rings. The first-order valence-corrected chi connectivity index (χ1v) is 8.88. The Balaban J connectivity index is 1.92. The fraction of sp³-hybridized carbons (Fsp3) is 0.389. The molecule has 8 nitrogen and oxygen atoms in total. The highest BCUT2D eigenvalue weighted by molar-refractivity contribution is 5.90. The third kappa shape index (κ3) is 3.90. The molecule has 3 N–H and O–H groups in total. The quantitative estimate of drug-likeness (QED) is 0.808. The second-order valence-corrected chi connectivity index (χ2v) is 6.72. The Morgan fingerprint density at radius 1 is 1.11 bits per heavy atom. The normalized spacial score (nSPS) is 14.2. The summed E-state index contributed by atoms with van der Waals surface area (Å²) < 4.78 is 28.4. The molecule has 1 fully saturated rings. The molecule has 3 rings (SSSR count). The number of benzene rings is 1. The molecule has 1 aliphatic rings. The lowest BCUT2D eigenvalue weighted by Crippen LogP contribution is -2.46. The van der Waals surface area contributed by atoms with Gasteiger partial charge in [0.15, 0.2) is 0 Å². The van der Waals surface area contributed by atoms with Crippen molar-refractivity contribution in [2.45, 2.75) is 25.8 Å². The predicted octanol–water partition coefficient (Wildman–Crippen LogP) is 1.04. The zero-order chi connectivity index (χ0) is 20.4. The summed E-state index contributed by atoms with van der Waals surface area (Å²) in [5, 5.41) is 2.29. The highest BCUT2D eigenvalue weighted by Crippen LogP contribution is 2.21. The third-order valence-electron chi connectivity index (χ3n) is 4.69. The average Bonchev–Trinajstić information content (AvgIpc) is 2.64. The number of carbonyl (C=O) groups is 1. The average molecular weight is 393 g/mol. The first-order chi connectivity index (χ1) is 13.3. The van der Waals surface area contributed by atoms with Gasteiger partial charge >= 0.3 is 5.69 Å². The molecule has 0 aliphatic carbocycles. The van der Waals surface area contributed by atoms with Crippen molar-refractivity contribution in [3.05, 3.63) is 50.7 Å². The molecule has 0 bridgehead atoms. The van der Waals surface area contributed by atoms with E-state index in [1.165, 1.54) is 7.05 Å². The van der Waals surface area contributed by atoms with Crippen LogP contribution < -0.4 is 27.2 Å². The molecule has 1 amide bonds. The summed E-state index contributed by atoms with van der Waals surface area (Å²) in [5.74, 6) is -2.44. The van der Waals surface area contributed by atoms with E-state index in [9.17, 15) is 23.2 Å². The van der Waals surface area contributed by atoms with Crippen molar-refractivity contribution in [1.29, 1.82) is 0 Å². The molecule has 150 valence electrons. The molecule has 1 aromatic carbocycles. The Labute approximate surface area is 159 Å². The minimum absolute atomic E-state index is 0.0424. The van der Waals surface area contributed by atoms with E-state index in [0.29, 0.717) is 19.2 Å². The van der Waals surface area contributed by atoms with Crippen LogP contribution in [-0.4, -0.2) is 28.1 Å². The number of halogens is 2. The van der Waals surface area contributed by atoms with Gasteiger partial charge in [0.1, 0.15) is 29.7 Å². The Morgan fingerprint density at radius 2 is 1.71 bits per heavy atom. The van der Waals surface area contributed by atoms with Crippen LogP contribution in [0, 0.1) is 11.6 Å². The number of piperidine rings is 1. The Kier molecular flexibility index (Phi) is 5.48. The summed E-state index contributed by atoms with van der Waals surface area (Å²) in [7, 11) is 1.42. The van der Waals surface area contributed by atoms with Crippen molar-refractivity contribution in [2.24, 2.45) is 7.05 Å². The molecule has 2 heterocycles. The van der Waals surface area contributed by atoms with E-state index in [4.69, 9.17) is 5.73 Å². The molecule has 10 heteroatoms. The van der Waals surface area contributed by atoms with Gasteiger partial charge in [-0.3, -0.25) is 14.2 Å². The third-order valence-corrected chi connectivity index (χ3v) is 4.69. The molecule has 1 aromatic heterocycles. The van der Waals surface area contributed by atoms with Crippen LogP contribution in [0.3, 0.4) is 0 Å². The van der Waals surface area contributed by atoms with Crippen LogP contribution in [0.25, 0.3) is 0 Å². The van der Waals surface area contributed by atoms with Crippen LogP contribution >= 0.6 is 0 Å². The van der Waals surface area contributed by atoms with Crippen LogP contribution in [0.2, 0.25) is 0 Å². The summed E-state index contributed by atoms with van der Waals surface area (Å²) >= 11 is 0. The SMILES string of the molecule is Cn1c(N)c(N2CCCCC2)c(=O)n(CC(=O)Nc2cc(F)cc(F)c2)c1=O. The van der Waals surface area contributed by atoms with Crippen molar-refractivity contribution < 1.29 is 13.6 Å². The number of nitrogens with zero attached hydrogens (tertiary/aromatic N) is 3. The molecule has 0 radical (unpaired) electrons. The minimum Gasteiger partial charge on any atom is -0.383 e. The van der Waals surface area contributed by atoms with Crippen LogP contribution in [0.5, 0.6) is 0 Å². The minimum atomic E-state index is -0.858. The molecule has 1 saturated heterocycles. The van der Waals surface area contributed by atoms with E-state index in [2.05, 4.69) is 5.32 Å². The Hall–Kier alpha value is -3.17. The fourth-order valence-electron chi connectivity index (χ4n) is 3.29. The number of amides is 1. The largest absolute Gasteiger partial charge is 0.383 e. The number of hydrogen-bond donors (Lipinski definition) is 2. The van der Waals surface area contributed by atoms with Crippen LogP contribution in [0.15, 0.2) is 27.8 Å². The summed E-state index contributed by atoms with van der Waals surface area (Å²) in [6, 6.07) is 2.54. The van der Waals surface area contributed by atoms with Gasteiger partial charge in [-0.25, -0.2) is 18.1 Å². The summed E-state index contributed by atoms with van der Waals surface area (Å²) in [6.45, 7) is 0.656. The van der Waals surface area contributed by atoms with E-state index in [0.717, 1.165) is 40.5 Å². The van der Waals surface area contributed by atoms with Gasteiger partial charge in [-0.15, -0.1) is 0 Å². The van der Waals surface area contributed by atoms with Gasteiger partial charge in [-0.05, 0) is 31.4 Å². The zero-order valence-corrected chi connectivity index (χ0v) is 15.4. The second kappa shape index (κ2) is 7.83. The number of nitrogens with two attached hydrogens (primary N) is 1. The lowest BCUT2D eigenvalue weighted by molar-refractivity contribution is -0.116. The van der Waals surface area contributed by atoms with Gasteiger partial charge in [-0.1, -0.05) is 0 Å². The lowest BCUT2D eigenvalue weighted by Gasteiger charge is -2.29. The van der Waals surface area contributed by atoms with Crippen LogP contribution in [-0.2, 0) is 18.4 Å². The molecular weight excluding hydrogens is 372 g/mol. The van der Waals surface area contributed by atoms with Gasteiger partial charge in [0.05, 0.1) is 0 Å². The van der Waals surface area contributed by atoms with Gasteiger partial charge in [0, 0.05) is 31.9 Å². The van der Waals surface area contributed by atoms with E-state index >= 15 is 0 Å². The molecule has 0 spiro atoms. The number of hydrogen-bond acceptors (Lipinski definition) is 5. The highest BCUT2D eigenvalue weighted by Gasteiger charge is 2.23. The summed E-state index contributed by atoms with van der Waals surface area (Å²) in [4.78, 5) is 39.5. The monoisotopic (exact) mass is 393 g/mol. The number of nitrogens with one attached hydrogen (secondary N) is 1. The maximum absolute atomic E-state index is 13.3. The maximum atomic E-state index is 13.3. The van der Waals surface area contributed by atoms with Crippen molar-refractivity contribution in [3.63, 3.8) is 0 Å². The van der Waals surface area contributed by atoms with E-state index in [1.54, 1.807) is 0 Å². The van der Waals surface area contributed by atoms with Crippen LogP contribution in [0.4, 0.5) is 26.0 Å². The number of carbonyl (C=O) groups excluding carboxylic acids is 1. The molecule has 0 atom stereocenters. The summed E-state index contributed by atoms with van der Waals surface area (Å²) in [5.41, 5.74) is 4.66. The molecule has 1 aliphatic heterocycles. The van der Waals surface area contributed by atoms with Gasteiger partial charge in [0.25, 0.3) is 5.56 Å². The van der Waals surface area contributed by atoms with E-state index in [1.807, 2.05) is 4.90 Å². The number of nitrogen functional groups attached to an aromatic ring is 1. The fourth-order valence-corrected chi connectivity index (χ4v) is 3.29. The van der Waals surface area contributed by atoms with Crippen LogP contribution in [0.1, 0.15) is 19.3 Å². The lowest BCUT2D eigenvalue weighted by atomic mass is 10.1. The smallest absolute Gasteiger partial charge is 0.332 e.